The van der Waals surface area contributed by atoms with E-state index in [0.29, 0.717) is 0 Å². The maximum Gasteiger partial charge on any atom is 0.208 e. The Balaban J connectivity index is 0. The number of hydrogen-bond acceptors (Lipinski definition) is 3. The van der Waals surface area contributed by atoms with Crippen molar-refractivity contribution >= 4 is 7.51 Å². The molecule has 0 rings (SSSR count). The lowest BCUT2D eigenvalue weighted by atomic mass is 11.6. The first kappa shape index (κ1) is 11.9. The summed E-state index contributed by atoms with van der Waals surface area (Å²) < 4.78 is 13.8. The van der Waals surface area contributed by atoms with E-state index in [9.17, 15) is 0 Å². The highest BCUT2D eigenvalue weighted by molar-refractivity contribution is 7.55. The van der Waals surface area contributed by atoms with Crippen molar-refractivity contribution in [2.45, 2.75) is 7.43 Å². The molecule has 9 heavy (non-hydrogen) atoms. The number of nitrogens with zero attached hydrogens (tertiary/aromatic N) is 1. The van der Waals surface area contributed by atoms with Gasteiger partial charge < -0.3 is 9.05 Å². The van der Waals surface area contributed by atoms with Crippen LogP contribution < -0.4 is 0 Å². The van der Waals surface area contributed by atoms with Crippen LogP contribution in [0.4, 0.5) is 0 Å². The van der Waals surface area contributed by atoms with Gasteiger partial charge in [0.1, 0.15) is 0 Å². The lowest BCUT2D eigenvalue weighted by molar-refractivity contribution is 0.332. The summed E-state index contributed by atoms with van der Waals surface area (Å²) in [6, 6.07) is 0. The summed E-state index contributed by atoms with van der Waals surface area (Å²) in [5.74, 6) is 0. The van der Waals surface area contributed by atoms with Crippen LogP contribution in [0.5, 0.6) is 0 Å². The van der Waals surface area contributed by atoms with Crippen molar-refractivity contribution in [2.24, 2.45) is 4.74 Å². The molecule has 0 fully saturated rings. The van der Waals surface area contributed by atoms with E-state index < -0.39 is 7.51 Å². The molecule has 58 valence electrons. The fourth-order valence-corrected chi connectivity index (χ4v) is 0.714. The van der Waals surface area contributed by atoms with Gasteiger partial charge in [-0.3, -0.25) is 4.74 Å². The topological polar surface area (TPSA) is 30.8 Å². The molecule has 0 bridgehead atoms. The molecule has 0 aromatic heterocycles. The number of hydrogen-bond donors (Lipinski definition) is 0. The lowest BCUT2D eigenvalue weighted by Crippen LogP contribution is -1.84. The van der Waals surface area contributed by atoms with Gasteiger partial charge >= 0.3 is 0 Å². The molecule has 0 heterocycles. The van der Waals surface area contributed by atoms with Crippen LogP contribution in [0.25, 0.3) is 0 Å². The second-order valence-corrected chi connectivity index (χ2v) is 4.10. The first-order chi connectivity index (χ1) is 3.68. The average molecular weight is 153 g/mol. The van der Waals surface area contributed by atoms with E-state index in [-0.39, 0.29) is 7.43 Å². The summed E-state index contributed by atoms with van der Waals surface area (Å²) in [6.45, 7) is 1.85. The minimum absolute atomic E-state index is 0. The Morgan fingerprint density at radius 1 is 1.22 bits per heavy atom. The van der Waals surface area contributed by atoms with Crippen molar-refractivity contribution in [1.82, 2.24) is 0 Å². The van der Waals surface area contributed by atoms with Gasteiger partial charge in [0.15, 0.2) is 0 Å². The van der Waals surface area contributed by atoms with Gasteiger partial charge in [0.25, 0.3) is 0 Å². The smallest absolute Gasteiger partial charge is 0.208 e. The second-order valence-electron chi connectivity index (χ2n) is 1.37. The summed E-state index contributed by atoms with van der Waals surface area (Å²) in [5.41, 5.74) is 0. The van der Waals surface area contributed by atoms with E-state index in [1.165, 1.54) is 0 Å². The monoisotopic (exact) mass is 153 g/mol. The molecule has 0 atom stereocenters. The SMILES string of the molecule is C.CN=P(C)(OC)OC. The Morgan fingerprint density at radius 2 is 1.56 bits per heavy atom. The summed E-state index contributed by atoms with van der Waals surface area (Å²) >= 11 is 0. The molecule has 0 radical (unpaired) electrons. The highest BCUT2D eigenvalue weighted by atomic mass is 31.2. The molecular weight excluding hydrogens is 137 g/mol. The van der Waals surface area contributed by atoms with Crippen molar-refractivity contribution in [1.29, 1.82) is 0 Å². The Labute approximate surface area is 57.6 Å². The predicted molar refractivity (Wildman–Crippen MR) is 41.9 cm³/mol. The van der Waals surface area contributed by atoms with E-state index in [2.05, 4.69) is 4.74 Å². The Kier molecular flexibility index (Phi) is 6.57. The van der Waals surface area contributed by atoms with Crippen molar-refractivity contribution in [3.8, 4) is 0 Å². The Hall–Kier alpha value is 0.150. The van der Waals surface area contributed by atoms with E-state index in [1.54, 1.807) is 21.3 Å². The van der Waals surface area contributed by atoms with Crippen molar-refractivity contribution in [3.63, 3.8) is 0 Å². The predicted octanol–water partition coefficient (Wildman–Crippen LogP) is 2.21. The molecule has 0 saturated carbocycles. The largest absolute Gasteiger partial charge is 0.327 e. The maximum absolute atomic E-state index is 4.96. The minimum Gasteiger partial charge on any atom is -0.327 e. The summed E-state index contributed by atoms with van der Waals surface area (Å²) in [6.07, 6.45) is 0. The zero-order chi connectivity index (χ0) is 6.62. The zero-order valence-corrected chi connectivity index (χ0v) is 6.61. The normalized spacial score (nSPS) is 10.2. The summed E-state index contributed by atoms with van der Waals surface area (Å²) in [7, 11) is 3.11. The fraction of sp³-hybridized carbons (Fsp3) is 1.00. The third kappa shape index (κ3) is 3.68. The molecule has 0 amide bonds. The van der Waals surface area contributed by atoms with Gasteiger partial charge in [-0.25, -0.2) is 0 Å². The molecule has 4 heteroatoms. The summed E-state index contributed by atoms with van der Waals surface area (Å²) in [5, 5.41) is 0. The molecule has 0 aliphatic carbocycles. The first-order valence-corrected chi connectivity index (χ1v) is 4.30. The van der Waals surface area contributed by atoms with E-state index in [0.717, 1.165) is 0 Å². The van der Waals surface area contributed by atoms with E-state index in [1.807, 2.05) is 6.66 Å². The zero-order valence-electron chi connectivity index (χ0n) is 5.71. The van der Waals surface area contributed by atoms with Gasteiger partial charge in [-0.05, 0) is 0 Å². The van der Waals surface area contributed by atoms with Crippen molar-refractivity contribution in [3.05, 3.63) is 0 Å². The second kappa shape index (κ2) is 4.98. The molecule has 0 saturated heterocycles. The average Bonchev–Trinajstić information content (AvgIpc) is 1.87. The van der Waals surface area contributed by atoms with Crippen molar-refractivity contribution < 1.29 is 9.05 Å². The van der Waals surface area contributed by atoms with Crippen LogP contribution in [0.2, 0.25) is 0 Å². The van der Waals surface area contributed by atoms with Gasteiger partial charge in [0.05, 0.1) is 0 Å². The molecule has 0 unspecified atom stereocenters. The van der Waals surface area contributed by atoms with Gasteiger partial charge in [0.2, 0.25) is 7.51 Å². The Morgan fingerprint density at radius 3 is 1.56 bits per heavy atom. The highest BCUT2D eigenvalue weighted by Gasteiger charge is 2.05. The highest BCUT2D eigenvalue weighted by Crippen LogP contribution is 2.45. The van der Waals surface area contributed by atoms with Crippen LogP contribution in [0.1, 0.15) is 7.43 Å². The summed E-state index contributed by atoms with van der Waals surface area (Å²) in [4.78, 5) is 0. The first-order valence-electron chi connectivity index (χ1n) is 2.28. The molecule has 0 aromatic carbocycles. The molecule has 0 aromatic rings. The van der Waals surface area contributed by atoms with E-state index in [4.69, 9.17) is 9.05 Å². The van der Waals surface area contributed by atoms with Crippen LogP contribution in [-0.2, 0) is 9.05 Å². The van der Waals surface area contributed by atoms with Crippen LogP contribution in [0, 0.1) is 0 Å². The van der Waals surface area contributed by atoms with Crippen molar-refractivity contribution in [2.75, 3.05) is 27.9 Å². The van der Waals surface area contributed by atoms with Crippen LogP contribution in [0.15, 0.2) is 4.74 Å². The standard InChI is InChI=1S/C4H12NO2P.CH4/c1-5-8(4,6-2)7-3;/h1-4H3;1H4. The van der Waals surface area contributed by atoms with E-state index >= 15 is 0 Å². The third-order valence-electron chi connectivity index (χ3n) is 1.04. The van der Waals surface area contributed by atoms with Gasteiger partial charge in [-0.15, -0.1) is 0 Å². The molecular formula is C5H16NO2P. The van der Waals surface area contributed by atoms with Crippen LogP contribution in [0.3, 0.4) is 0 Å². The quantitative estimate of drug-likeness (QED) is 0.569. The molecule has 0 spiro atoms. The lowest BCUT2D eigenvalue weighted by Gasteiger charge is -2.12. The number of rotatable bonds is 2. The molecule has 0 N–H and O–H groups in total. The van der Waals surface area contributed by atoms with Crippen LogP contribution >= 0.6 is 7.51 Å². The van der Waals surface area contributed by atoms with Gasteiger partial charge in [0, 0.05) is 27.9 Å². The van der Waals surface area contributed by atoms with Crippen LogP contribution in [-0.4, -0.2) is 27.9 Å². The molecule has 0 aliphatic heterocycles. The fourth-order valence-electron chi connectivity index (χ4n) is 0.238. The molecule has 3 nitrogen and oxygen atoms in total. The molecule has 0 aliphatic rings. The Bertz CT molecular complexity index is 106. The maximum atomic E-state index is 4.96. The minimum atomic E-state index is -1.79. The third-order valence-corrected chi connectivity index (χ3v) is 3.12. The van der Waals surface area contributed by atoms with Gasteiger partial charge in [-0.2, -0.15) is 0 Å². The van der Waals surface area contributed by atoms with Gasteiger partial charge in [-0.1, -0.05) is 7.43 Å².